The number of nitrogens with zero attached hydrogens (tertiary/aromatic N) is 1. The summed E-state index contributed by atoms with van der Waals surface area (Å²) in [5.41, 5.74) is 3.26. The summed E-state index contributed by atoms with van der Waals surface area (Å²) in [6, 6.07) is 15.3. The minimum Gasteiger partial charge on any atom is -0.483 e. The van der Waals surface area contributed by atoms with Crippen LogP contribution in [0.2, 0.25) is 0 Å². The summed E-state index contributed by atoms with van der Waals surface area (Å²) in [4.78, 5) is 27.4. The van der Waals surface area contributed by atoms with E-state index in [9.17, 15) is 9.59 Å². The molecule has 162 valence electrons. The second-order valence-corrected chi connectivity index (χ2v) is 7.80. The Morgan fingerprint density at radius 2 is 1.73 bits per heavy atom. The highest BCUT2D eigenvalue weighted by Crippen LogP contribution is 2.20. The van der Waals surface area contributed by atoms with Crippen LogP contribution in [0.15, 0.2) is 48.5 Å². The van der Waals surface area contributed by atoms with Gasteiger partial charge in [0.05, 0.1) is 0 Å². The van der Waals surface area contributed by atoms with Crippen molar-refractivity contribution >= 4 is 11.8 Å². The fourth-order valence-corrected chi connectivity index (χ4v) is 3.14. The number of nitrogens with one attached hydrogen (secondary N) is 1. The molecule has 2 amide bonds. The van der Waals surface area contributed by atoms with Crippen LogP contribution in [-0.2, 0) is 16.0 Å². The number of carbonyl (C=O) groups is 2. The van der Waals surface area contributed by atoms with Crippen LogP contribution in [-0.4, -0.2) is 41.9 Å². The van der Waals surface area contributed by atoms with E-state index in [-0.39, 0.29) is 24.5 Å². The Morgan fingerprint density at radius 3 is 2.40 bits per heavy atom. The van der Waals surface area contributed by atoms with Crippen molar-refractivity contribution in [1.82, 2.24) is 10.2 Å². The third-order valence-corrected chi connectivity index (χ3v) is 5.56. The van der Waals surface area contributed by atoms with Crippen LogP contribution in [0.3, 0.4) is 0 Å². The van der Waals surface area contributed by atoms with Crippen LogP contribution >= 0.6 is 0 Å². The molecular formula is C25H34N2O3. The van der Waals surface area contributed by atoms with E-state index in [2.05, 4.69) is 5.32 Å². The summed E-state index contributed by atoms with van der Waals surface area (Å²) >= 11 is 0. The van der Waals surface area contributed by atoms with Crippen LogP contribution in [0, 0.1) is 13.8 Å². The molecule has 5 heteroatoms. The lowest BCUT2D eigenvalue weighted by molar-refractivity contribution is -0.141. The van der Waals surface area contributed by atoms with Gasteiger partial charge in [-0.15, -0.1) is 0 Å². The molecule has 1 N–H and O–H groups in total. The third kappa shape index (κ3) is 6.61. The van der Waals surface area contributed by atoms with E-state index in [1.165, 1.54) is 0 Å². The van der Waals surface area contributed by atoms with E-state index in [1.807, 2.05) is 76.2 Å². The number of hydrogen-bond donors (Lipinski definition) is 1. The predicted molar refractivity (Wildman–Crippen MR) is 121 cm³/mol. The van der Waals surface area contributed by atoms with Gasteiger partial charge in [-0.2, -0.15) is 0 Å². The maximum atomic E-state index is 13.1. The maximum absolute atomic E-state index is 13.1. The first-order valence-electron chi connectivity index (χ1n) is 10.7. The zero-order chi connectivity index (χ0) is 22.1. The molecule has 0 aliphatic carbocycles. The van der Waals surface area contributed by atoms with E-state index >= 15 is 0 Å². The Balaban J connectivity index is 2.10. The number of ether oxygens (including phenoxy) is 1. The van der Waals surface area contributed by atoms with Crippen molar-refractivity contribution in [2.75, 3.05) is 13.2 Å². The lowest BCUT2D eigenvalue weighted by Crippen LogP contribution is -2.51. The number of aryl methyl sites for hydroxylation is 1. The smallest absolute Gasteiger partial charge is 0.261 e. The van der Waals surface area contributed by atoms with Gasteiger partial charge in [-0.1, -0.05) is 49.4 Å². The Hall–Kier alpha value is -2.82. The molecule has 2 atom stereocenters. The zero-order valence-corrected chi connectivity index (χ0v) is 18.8. The van der Waals surface area contributed by atoms with Crippen molar-refractivity contribution in [2.45, 2.75) is 59.5 Å². The van der Waals surface area contributed by atoms with E-state index in [1.54, 1.807) is 11.8 Å². The van der Waals surface area contributed by atoms with Crippen molar-refractivity contribution in [3.05, 3.63) is 65.2 Å². The lowest BCUT2D eigenvalue weighted by atomic mass is 10.1. The summed E-state index contributed by atoms with van der Waals surface area (Å²) in [5.74, 6) is 0.360. The minimum absolute atomic E-state index is 0.0669. The van der Waals surface area contributed by atoms with Crippen LogP contribution in [0.25, 0.3) is 0 Å². The molecule has 0 aliphatic heterocycles. The molecule has 2 aromatic rings. The number of carbonyl (C=O) groups excluding carboxylic acids is 2. The van der Waals surface area contributed by atoms with Gasteiger partial charge in [0, 0.05) is 12.6 Å². The summed E-state index contributed by atoms with van der Waals surface area (Å²) < 4.78 is 5.82. The van der Waals surface area contributed by atoms with Gasteiger partial charge in [0.2, 0.25) is 5.91 Å². The van der Waals surface area contributed by atoms with Gasteiger partial charge in [0.15, 0.2) is 6.61 Å². The highest BCUT2D eigenvalue weighted by Gasteiger charge is 2.26. The van der Waals surface area contributed by atoms with Gasteiger partial charge in [0.1, 0.15) is 11.8 Å². The molecule has 0 aliphatic rings. The molecule has 0 bridgehead atoms. The van der Waals surface area contributed by atoms with Crippen molar-refractivity contribution in [1.29, 1.82) is 0 Å². The van der Waals surface area contributed by atoms with Gasteiger partial charge in [-0.05, 0) is 63.3 Å². The Morgan fingerprint density at radius 1 is 1.03 bits per heavy atom. The second kappa shape index (κ2) is 11.4. The molecule has 0 saturated heterocycles. The van der Waals surface area contributed by atoms with E-state index in [0.717, 1.165) is 23.1 Å². The summed E-state index contributed by atoms with van der Waals surface area (Å²) in [6.07, 6.45) is 1.52. The number of benzene rings is 2. The number of rotatable bonds is 10. The maximum Gasteiger partial charge on any atom is 0.261 e. The number of amides is 2. The van der Waals surface area contributed by atoms with Gasteiger partial charge >= 0.3 is 0 Å². The topological polar surface area (TPSA) is 58.6 Å². The first-order chi connectivity index (χ1) is 14.3. The molecule has 0 saturated carbocycles. The van der Waals surface area contributed by atoms with E-state index in [4.69, 9.17) is 4.74 Å². The molecule has 0 fully saturated rings. The second-order valence-electron chi connectivity index (χ2n) is 7.80. The largest absolute Gasteiger partial charge is 0.483 e. The first-order valence-corrected chi connectivity index (χ1v) is 10.7. The summed E-state index contributed by atoms with van der Waals surface area (Å²) in [6.45, 7) is 10.1. The first kappa shape index (κ1) is 23.5. The molecular weight excluding hydrogens is 376 g/mol. The molecule has 30 heavy (non-hydrogen) atoms. The fourth-order valence-electron chi connectivity index (χ4n) is 3.14. The van der Waals surface area contributed by atoms with Gasteiger partial charge in [0.25, 0.3) is 5.91 Å². The Kier molecular flexibility index (Phi) is 8.90. The Bertz CT molecular complexity index is 836. The number of hydrogen-bond acceptors (Lipinski definition) is 3. The molecule has 0 aromatic heterocycles. The molecule has 0 unspecified atom stereocenters. The van der Waals surface area contributed by atoms with Gasteiger partial charge in [-0.25, -0.2) is 0 Å². The van der Waals surface area contributed by atoms with Crippen molar-refractivity contribution < 1.29 is 14.3 Å². The van der Waals surface area contributed by atoms with Crippen LogP contribution in [0.5, 0.6) is 5.75 Å². The van der Waals surface area contributed by atoms with Crippen molar-refractivity contribution in [3.8, 4) is 5.75 Å². The zero-order valence-electron chi connectivity index (χ0n) is 18.8. The van der Waals surface area contributed by atoms with Crippen LogP contribution in [0.4, 0.5) is 0 Å². The standard InChI is InChI=1S/C25H34N2O3/c1-6-19(3)26-25(29)21(5)27(16-15-22-12-8-7-9-13-22)24(28)17-30-23-14-10-11-18(2)20(23)4/h7-14,19,21H,6,15-17H2,1-5H3,(H,26,29)/t19-,21-/m1/s1. The quantitative estimate of drug-likeness (QED) is 0.643. The Labute approximate surface area is 180 Å². The van der Waals surface area contributed by atoms with Crippen molar-refractivity contribution in [3.63, 3.8) is 0 Å². The SMILES string of the molecule is CC[C@@H](C)NC(=O)[C@@H](C)N(CCc1ccccc1)C(=O)COc1cccc(C)c1C. The minimum atomic E-state index is -0.572. The highest BCUT2D eigenvalue weighted by atomic mass is 16.5. The molecule has 0 spiro atoms. The normalized spacial score (nSPS) is 12.7. The molecule has 0 heterocycles. The van der Waals surface area contributed by atoms with Gasteiger partial charge in [-0.3, -0.25) is 9.59 Å². The highest BCUT2D eigenvalue weighted by molar-refractivity contribution is 5.88. The van der Waals surface area contributed by atoms with Crippen LogP contribution in [0.1, 0.15) is 43.9 Å². The average Bonchev–Trinajstić information content (AvgIpc) is 2.75. The molecule has 0 radical (unpaired) electrons. The van der Waals surface area contributed by atoms with Crippen LogP contribution < -0.4 is 10.1 Å². The van der Waals surface area contributed by atoms with E-state index in [0.29, 0.717) is 18.7 Å². The monoisotopic (exact) mass is 410 g/mol. The molecule has 2 aromatic carbocycles. The molecule has 5 nitrogen and oxygen atoms in total. The lowest BCUT2D eigenvalue weighted by Gasteiger charge is -2.29. The third-order valence-electron chi connectivity index (χ3n) is 5.56. The van der Waals surface area contributed by atoms with Gasteiger partial charge < -0.3 is 15.0 Å². The fraction of sp³-hybridized carbons (Fsp3) is 0.440. The summed E-state index contributed by atoms with van der Waals surface area (Å²) in [7, 11) is 0. The van der Waals surface area contributed by atoms with E-state index < -0.39 is 6.04 Å². The average molecular weight is 411 g/mol. The molecule has 2 rings (SSSR count). The van der Waals surface area contributed by atoms with Crippen molar-refractivity contribution in [2.24, 2.45) is 0 Å². The summed E-state index contributed by atoms with van der Waals surface area (Å²) in [5, 5.41) is 2.98. The predicted octanol–water partition coefficient (Wildman–Crippen LogP) is 4.06.